The molecule has 1 aliphatic rings. The van der Waals surface area contributed by atoms with Gasteiger partial charge in [0.2, 0.25) is 5.91 Å². The van der Waals surface area contributed by atoms with E-state index < -0.39 is 36.7 Å². The molecule has 4 N–H and O–H groups in total. The zero-order chi connectivity index (χ0) is 23.3. The average molecular weight is 440 g/mol. The molecule has 8 heteroatoms. The molecule has 0 radical (unpaired) electrons. The van der Waals surface area contributed by atoms with Gasteiger partial charge in [-0.2, -0.15) is 0 Å². The van der Waals surface area contributed by atoms with Crippen molar-refractivity contribution >= 4 is 18.0 Å². The molecule has 0 saturated heterocycles. The highest BCUT2D eigenvalue weighted by Gasteiger charge is 2.30. The summed E-state index contributed by atoms with van der Waals surface area (Å²) in [6.45, 7) is 3.11. The van der Waals surface area contributed by atoms with E-state index in [-0.39, 0.29) is 24.9 Å². The number of ether oxygens (including phenoxy) is 1. The summed E-state index contributed by atoms with van der Waals surface area (Å²) in [5.41, 5.74) is 4.46. The van der Waals surface area contributed by atoms with Crippen LogP contribution in [0.2, 0.25) is 0 Å². The fourth-order valence-corrected chi connectivity index (χ4v) is 3.88. The summed E-state index contributed by atoms with van der Waals surface area (Å²) in [6.07, 6.45) is -0.777. The van der Waals surface area contributed by atoms with Gasteiger partial charge in [-0.1, -0.05) is 62.4 Å². The predicted molar refractivity (Wildman–Crippen MR) is 118 cm³/mol. The van der Waals surface area contributed by atoms with Gasteiger partial charge in [0.05, 0.1) is 6.61 Å². The van der Waals surface area contributed by atoms with Gasteiger partial charge in [-0.15, -0.1) is 0 Å². The molecule has 1 aliphatic carbocycles. The zero-order valence-electron chi connectivity index (χ0n) is 18.1. The van der Waals surface area contributed by atoms with Gasteiger partial charge in [0.1, 0.15) is 12.6 Å². The Morgan fingerprint density at radius 3 is 2.03 bits per heavy atom. The molecule has 2 aromatic rings. The van der Waals surface area contributed by atoms with Gasteiger partial charge in [0.25, 0.3) is 0 Å². The Kier molecular flexibility index (Phi) is 7.48. The number of carboxylic acids is 1. The summed E-state index contributed by atoms with van der Waals surface area (Å²) in [4.78, 5) is 35.7. The zero-order valence-corrected chi connectivity index (χ0v) is 18.1. The number of benzene rings is 2. The number of carboxylic acid groups (broad SMARTS) is 1. The van der Waals surface area contributed by atoms with Crippen LogP contribution in [0, 0.1) is 5.92 Å². The number of hydrogen-bond donors (Lipinski definition) is 4. The highest BCUT2D eigenvalue weighted by molar-refractivity contribution is 5.84. The Bertz CT molecular complexity index is 944. The lowest BCUT2D eigenvalue weighted by atomic mass is 9.98. The summed E-state index contributed by atoms with van der Waals surface area (Å²) in [6, 6.07) is 14.1. The first-order chi connectivity index (χ1) is 15.3. The molecule has 3 rings (SSSR count). The molecule has 0 bridgehead atoms. The van der Waals surface area contributed by atoms with Gasteiger partial charge in [-0.3, -0.25) is 4.79 Å². The standard InChI is InChI=1S/C24H28N2O6/c1-14(2)20(11-22(28)25-21(12-27)23(29)30)26-24(31)32-13-19-17-9-5-3-7-15(17)16-8-4-6-10-18(16)19/h3-10,14,19-21,27H,11-13H2,1-2H3,(H,25,28)(H,26,31)(H,29,30)/t20-,21?/m1/s1. The van der Waals surface area contributed by atoms with Crippen molar-refractivity contribution < 1.29 is 29.3 Å². The summed E-state index contributed by atoms with van der Waals surface area (Å²) in [5, 5.41) is 23.0. The van der Waals surface area contributed by atoms with E-state index in [1.54, 1.807) is 0 Å². The molecule has 8 nitrogen and oxygen atoms in total. The van der Waals surface area contributed by atoms with Crippen LogP contribution < -0.4 is 10.6 Å². The lowest BCUT2D eigenvalue weighted by Crippen LogP contribution is -2.47. The third kappa shape index (κ3) is 5.26. The van der Waals surface area contributed by atoms with Crippen molar-refractivity contribution in [1.82, 2.24) is 10.6 Å². The average Bonchev–Trinajstić information content (AvgIpc) is 3.09. The van der Waals surface area contributed by atoms with Crippen molar-refractivity contribution in [1.29, 1.82) is 0 Å². The monoisotopic (exact) mass is 440 g/mol. The molecule has 32 heavy (non-hydrogen) atoms. The lowest BCUT2D eigenvalue weighted by Gasteiger charge is -2.23. The van der Waals surface area contributed by atoms with Crippen LogP contribution in [0.1, 0.15) is 37.3 Å². The van der Waals surface area contributed by atoms with E-state index >= 15 is 0 Å². The summed E-state index contributed by atoms with van der Waals surface area (Å²) in [7, 11) is 0. The van der Waals surface area contributed by atoms with Gasteiger partial charge in [-0.25, -0.2) is 9.59 Å². The molecular formula is C24H28N2O6. The van der Waals surface area contributed by atoms with Crippen molar-refractivity contribution in [2.24, 2.45) is 5.92 Å². The van der Waals surface area contributed by atoms with Crippen molar-refractivity contribution in [3.63, 3.8) is 0 Å². The third-order valence-corrected chi connectivity index (χ3v) is 5.67. The van der Waals surface area contributed by atoms with Gasteiger partial charge in [0, 0.05) is 18.4 Å². The van der Waals surface area contributed by atoms with Crippen LogP contribution in [0.25, 0.3) is 11.1 Å². The van der Waals surface area contributed by atoms with Crippen molar-refractivity contribution in [3.05, 3.63) is 59.7 Å². The van der Waals surface area contributed by atoms with E-state index in [2.05, 4.69) is 22.8 Å². The van der Waals surface area contributed by atoms with Crippen LogP contribution in [0.5, 0.6) is 0 Å². The molecule has 2 amide bonds. The molecule has 0 aromatic heterocycles. The highest BCUT2D eigenvalue weighted by atomic mass is 16.5. The Hall–Kier alpha value is -3.39. The first-order valence-electron chi connectivity index (χ1n) is 10.6. The molecule has 1 unspecified atom stereocenters. The van der Waals surface area contributed by atoms with Crippen molar-refractivity contribution in [2.75, 3.05) is 13.2 Å². The van der Waals surface area contributed by atoms with Crippen LogP contribution in [0.4, 0.5) is 4.79 Å². The number of aliphatic carboxylic acids is 1. The fraction of sp³-hybridized carbons (Fsp3) is 0.375. The quantitative estimate of drug-likeness (QED) is 0.475. The second-order valence-corrected chi connectivity index (χ2v) is 8.17. The number of carbonyl (C=O) groups excluding carboxylic acids is 2. The Labute approximate surface area is 186 Å². The maximum atomic E-state index is 12.5. The van der Waals surface area contributed by atoms with E-state index in [0.29, 0.717) is 0 Å². The summed E-state index contributed by atoms with van der Waals surface area (Å²) >= 11 is 0. The van der Waals surface area contributed by atoms with Crippen molar-refractivity contribution in [3.8, 4) is 11.1 Å². The molecule has 0 saturated carbocycles. The number of nitrogens with one attached hydrogen (secondary N) is 2. The van der Waals surface area contributed by atoms with Gasteiger partial charge in [0.15, 0.2) is 0 Å². The van der Waals surface area contributed by atoms with E-state index in [0.717, 1.165) is 22.3 Å². The van der Waals surface area contributed by atoms with Gasteiger partial charge in [-0.05, 0) is 28.2 Å². The fourth-order valence-electron chi connectivity index (χ4n) is 3.88. The smallest absolute Gasteiger partial charge is 0.407 e. The van der Waals surface area contributed by atoms with Gasteiger partial charge < -0.3 is 25.6 Å². The highest BCUT2D eigenvalue weighted by Crippen LogP contribution is 2.44. The van der Waals surface area contributed by atoms with Gasteiger partial charge >= 0.3 is 12.1 Å². The molecular weight excluding hydrogens is 412 g/mol. The molecule has 2 aromatic carbocycles. The third-order valence-electron chi connectivity index (χ3n) is 5.67. The molecule has 0 spiro atoms. The minimum Gasteiger partial charge on any atom is -0.480 e. The van der Waals surface area contributed by atoms with E-state index in [1.165, 1.54) is 0 Å². The number of hydrogen-bond acceptors (Lipinski definition) is 5. The van der Waals surface area contributed by atoms with E-state index in [4.69, 9.17) is 14.9 Å². The van der Waals surface area contributed by atoms with Crippen LogP contribution in [0.15, 0.2) is 48.5 Å². The lowest BCUT2D eigenvalue weighted by molar-refractivity contribution is -0.143. The number of amides is 2. The second kappa shape index (κ2) is 10.3. The number of aliphatic hydroxyl groups is 1. The summed E-state index contributed by atoms with van der Waals surface area (Å²) in [5.74, 6) is -2.08. The number of alkyl carbamates (subject to hydrolysis) is 1. The minimum absolute atomic E-state index is 0.0742. The first kappa shape index (κ1) is 23.3. The predicted octanol–water partition coefficient (Wildman–Crippen LogP) is 2.50. The largest absolute Gasteiger partial charge is 0.480 e. The Balaban J connectivity index is 1.61. The van der Waals surface area contributed by atoms with E-state index in [1.807, 2.05) is 50.2 Å². The number of fused-ring (bicyclic) bond motifs is 3. The molecule has 170 valence electrons. The normalized spacial score (nSPS) is 14.2. The Morgan fingerprint density at radius 1 is 0.969 bits per heavy atom. The molecule has 0 heterocycles. The molecule has 0 aliphatic heterocycles. The maximum absolute atomic E-state index is 12.5. The first-order valence-corrected chi connectivity index (χ1v) is 10.6. The maximum Gasteiger partial charge on any atom is 0.407 e. The van der Waals surface area contributed by atoms with Crippen LogP contribution in [-0.4, -0.2) is 53.5 Å². The number of aliphatic hydroxyl groups excluding tert-OH is 1. The van der Waals surface area contributed by atoms with Crippen LogP contribution >= 0.6 is 0 Å². The molecule has 0 fully saturated rings. The van der Waals surface area contributed by atoms with E-state index in [9.17, 15) is 14.4 Å². The van der Waals surface area contributed by atoms with Crippen molar-refractivity contribution in [2.45, 2.75) is 38.3 Å². The Morgan fingerprint density at radius 2 is 1.53 bits per heavy atom. The number of carbonyl (C=O) groups is 3. The minimum atomic E-state index is -1.38. The molecule has 2 atom stereocenters. The topological polar surface area (TPSA) is 125 Å². The number of rotatable bonds is 9. The second-order valence-electron chi connectivity index (χ2n) is 8.17. The van der Waals surface area contributed by atoms with Crippen LogP contribution in [-0.2, 0) is 14.3 Å². The van der Waals surface area contributed by atoms with Crippen LogP contribution in [0.3, 0.4) is 0 Å². The summed E-state index contributed by atoms with van der Waals surface area (Å²) < 4.78 is 5.53. The SMILES string of the molecule is CC(C)[C@@H](CC(=O)NC(CO)C(=O)O)NC(=O)OCC1c2ccccc2-c2ccccc21.